The summed E-state index contributed by atoms with van der Waals surface area (Å²) in [4.78, 5) is 38.6. The van der Waals surface area contributed by atoms with Gasteiger partial charge in [0.25, 0.3) is 11.8 Å². The monoisotopic (exact) mass is 489 g/mol. The predicted octanol–water partition coefficient (Wildman–Crippen LogP) is 2.89. The van der Waals surface area contributed by atoms with E-state index in [2.05, 4.69) is 4.99 Å². The highest BCUT2D eigenvalue weighted by molar-refractivity contribution is 6.05. The molecular weight excluding hydrogens is 458 g/mol. The second-order valence-corrected chi connectivity index (χ2v) is 9.80. The molecule has 0 bridgehead atoms. The van der Waals surface area contributed by atoms with Crippen molar-refractivity contribution in [3.05, 3.63) is 64.7 Å². The zero-order chi connectivity index (χ0) is 25.3. The van der Waals surface area contributed by atoms with E-state index in [4.69, 9.17) is 21.0 Å². The largest absolute Gasteiger partial charge is 0.399 e. The Bertz CT molecular complexity index is 1230. The Kier molecular flexibility index (Phi) is 6.51. The Hall–Kier alpha value is -3.69. The lowest BCUT2D eigenvalue weighted by Gasteiger charge is -2.54. The van der Waals surface area contributed by atoms with Gasteiger partial charge in [-0.15, -0.1) is 0 Å². The lowest BCUT2D eigenvalue weighted by molar-refractivity contribution is -0.187. The number of hydrogen-bond donors (Lipinski definition) is 2. The third-order valence-corrected chi connectivity index (χ3v) is 6.69. The van der Waals surface area contributed by atoms with Crippen molar-refractivity contribution in [3.63, 3.8) is 0 Å². The summed E-state index contributed by atoms with van der Waals surface area (Å²) in [5.74, 6) is 0.0216. The summed E-state index contributed by atoms with van der Waals surface area (Å²) in [5, 5.41) is 1.38. The number of nitrogens with zero attached hydrogens (tertiary/aromatic N) is 3. The molecule has 3 aliphatic heterocycles. The number of benzene rings is 2. The number of rotatable bonds is 7. The van der Waals surface area contributed by atoms with Gasteiger partial charge in [0.2, 0.25) is 0 Å². The van der Waals surface area contributed by atoms with Crippen LogP contribution in [0, 0.1) is 5.41 Å². The molecule has 9 heteroatoms. The van der Waals surface area contributed by atoms with Crippen LogP contribution in [-0.2, 0) is 21.0 Å². The lowest BCUT2D eigenvalue weighted by Crippen LogP contribution is -2.67. The first-order valence-electron chi connectivity index (χ1n) is 12.2. The van der Waals surface area contributed by atoms with Crippen molar-refractivity contribution in [2.75, 3.05) is 38.6 Å². The van der Waals surface area contributed by atoms with E-state index in [1.54, 1.807) is 30.3 Å². The smallest absolute Gasteiger partial charge is 0.273 e. The SMILES string of the molecule is CCCN(OCc1ccc(N)cc1)C(=O)C1=Cc2ccc(C(=O)N3CC4(COC4)C3)cc2N=C(N)C1. The first-order valence-corrected chi connectivity index (χ1v) is 12.2. The van der Waals surface area contributed by atoms with Crippen LogP contribution in [0.1, 0.15) is 41.3 Å². The number of fused-ring (bicyclic) bond motifs is 1. The number of ether oxygens (including phenoxy) is 1. The van der Waals surface area contributed by atoms with E-state index in [1.807, 2.05) is 30.0 Å². The number of nitrogen functional groups attached to an aromatic ring is 1. The van der Waals surface area contributed by atoms with Gasteiger partial charge in [-0.05, 0) is 42.3 Å². The van der Waals surface area contributed by atoms with Crippen molar-refractivity contribution in [1.82, 2.24) is 9.96 Å². The zero-order valence-electron chi connectivity index (χ0n) is 20.4. The van der Waals surface area contributed by atoms with Crippen LogP contribution in [0.5, 0.6) is 0 Å². The summed E-state index contributed by atoms with van der Waals surface area (Å²) < 4.78 is 5.30. The van der Waals surface area contributed by atoms with Crippen LogP contribution in [0.4, 0.5) is 11.4 Å². The first kappa shape index (κ1) is 24.0. The van der Waals surface area contributed by atoms with Gasteiger partial charge in [0.1, 0.15) is 12.4 Å². The van der Waals surface area contributed by atoms with Crippen LogP contribution in [0.3, 0.4) is 0 Å². The highest BCUT2D eigenvalue weighted by Gasteiger charge is 2.50. The van der Waals surface area contributed by atoms with Gasteiger partial charge in [0.05, 0.1) is 24.3 Å². The number of carbonyl (C=O) groups is 2. The topological polar surface area (TPSA) is 123 Å². The third-order valence-electron chi connectivity index (χ3n) is 6.69. The van der Waals surface area contributed by atoms with Crippen molar-refractivity contribution in [2.24, 2.45) is 16.1 Å². The molecule has 2 fully saturated rings. The highest BCUT2D eigenvalue weighted by Crippen LogP contribution is 2.38. The summed E-state index contributed by atoms with van der Waals surface area (Å²) in [7, 11) is 0. The molecular formula is C27H31N5O4. The number of amides is 2. The van der Waals surface area contributed by atoms with Crippen LogP contribution in [0.2, 0.25) is 0 Å². The minimum atomic E-state index is -0.257. The normalized spacial score (nSPS) is 17.8. The fourth-order valence-corrected chi connectivity index (χ4v) is 4.68. The molecule has 2 amide bonds. The quantitative estimate of drug-likeness (QED) is 0.455. The second-order valence-electron chi connectivity index (χ2n) is 9.80. The van der Waals surface area contributed by atoms with Gasteiger partial charge < -0.3 is 21.1 Å². The molecule has 3 heterocycles. The van der Waals surface area contributed by atoms with Gasteiger partial charge in [-0.3, -0.25) is 14.4 Å². The standard InChI is InChI=1S/C27H31N5O4/c1-2-9-32(36-13-18-3-7-22(28)8-4-18)26(34)21-10-19-5-6-20(11-23(19)30-24(29)12-21)25(33)31-14-27(15-31)16-35-17-27/h3-8,10-11H,2,9,12-17,28H2,1H3,(H2,29,30). The zero-order valence-corrected chi connectivity index (χ0v) is 20.4. The molecule has 2 aromatic carbocycles. The second kappa shape index (κ2) is 9.75. The average molecular weight is 490 g/mol. The Labute approximate surface area is 210 Å². The number of nitrogens with two attached hydrogens (primary N) is 2. The first-order chi connectivity index (χ1) is 17.4. The van der Waals surface area contributed by atoms with Crippen LogP contribution in [0.25, 0.3) is 6.08 Å². The van der Waals surface area contributed by atoms with E-state index in [1.165, 1.54) is 5.06 Å². The molecule has 36 heavy (non-hydrogen) atoms. The van der Waals surface area contributed by atoms with E-state index in [0.717, 1.165) is 43.9 Å². The summed E-state index contributed by atoms with van der Waals surface area (Å²) >= 11 is 0. The van der Waals surface area contributed by atoms with Crippen molar-refractivity contribution >= 4 is 35.1 Å². The van der Waals surface area contributed by atoms with Crippen molar-refractivity contribution in [1.29, 1.82) is 0 Å². The van der Waals surface area contributed by atoms with Crippen LogP contribution in [-0.4, -0.2) is 60.5 Å². The molecule has 9 nitrogen and oxygen atoms in total. The van der Waals surface area contributed by atoms with Gasteiger partial charge in [-0.1, -0.05) is 25.1 Å². The maximum Gasteiger partial charge on any atom is 0.273 e. The number of hydrogen-bond acceptors (Lipinski definition) is 7. The third kappa shape index (κ3) is 4.84. The Morgan fingerprint density at radius 3 is 2.56 bits per heavy atom. The van der Waals surface area contributed by atoms with Gasteiger partial charge in [0, 0.05) is 48.4 Å². The average Bonchev–Trinajstić information content (AvgIpc) is 2.97. The number of hydroxylamine groups is 2. The molecule has 0 aliphatic carbocycles. The van der Waals surface area contributed by atoms with Crippen LogP contribution >= 0.6 is 0 Å². The number of anilines is 1. The molecule has 0 unspecified atom stereocenters. The van der Waals surface area contributed by atoms with Gasteiger partial charge >= 0.3 is 0 Å². The highest BCUT2D eigenvalue weighted by atomic mass is 16.7. The predicted molar refractivity (Wildman–Crippen MR) is 137 cm³/mol. The minimum absolute atomic E-state index is 0.0289. The number of carbonyl (C=O) groups excluding carboxylic acids is 2. The minimum Gasteiger partial charge on any atom is -0.399 e. The number of aliphatic imine (C=N–C) groups is 1. The molecule has 0 saturated carbocycles. The number of amidine groups is 1. The number of likely N-dealkylation sites (tertiary alicyclic amines) is 1. The van der Waals surface area contributed by atoms with E-state index < -0.39 is 0 Å². The summed E-state index contributed by atoms with van der Waals surface area (Å²) in [6.07, 6.45) is 2.71. The van der Waals surface area contributed by atoms with E-state index in [0.29, 0.717) is 34.9 Å². The molecule has 4 N–H and O–H groups in total. The molecule has 1 spiro atoms. The van der Waals surface area contributed by atoms with Gasteiger partial charge in [-0.2, -0.15) is 0 Å². The van der Waals surface area contributed by atoms with Crippen molar-refractivity contribution in [2.45, 2.75) is 26.4 Å². The molecule has 2 aromatic rings. The van der Waals surface area contributed by atoms with Gasteiger partial charge in [0.15, 0.2) is 0 Å². The fourth-order valence-electron chi connectivity index (χ4n) is 4.68. The van der Waals surface area contributed by atoms with Crippen LogP contribution < -0.4 is 11.5 Å². The van der Waals surface area contributed by atoms with Crippen molar-refractivity contribution in [3.8, 4) is 0 Å². The Morgan fingerprint density at radius 1 is 1.14 bits per heavy atom. The molecule has 188 valence electrons. The maximum absolute atomic E-state index is 13.4. The van der Waals surface area contributed by atoms with Crippen LogP contribution in [0.15, 0.2) is 53.0 Å². The molecule has 2 saturated heterocycles. The molecule has 3 aliphatic rings. The van der Waals surface area contributed by atoms with E-state index in [-0.39, 0.29) is 30.3 Å². The summed E-state index contributed by atoms with van der Waals surface area (Å²) in [5.41, 5.74) is 16.0. The summed E-state index contributed by atoms with van der Waals surface area (Å²) in [6, 6.07) is 12.7. The lowest BCUT2D eigenvalue weighted by atomic mass is 9.78. The summed E-state index contributed by atoms with van der Waals surface area (Å²) in [6.45, 7) is 5.55. The Balaban J connectivity index is 1.32. The molecule has 0 aromatic heterocycles. The Morgan fingerprint density at radius 2 is 1.89 bits per heavy atom. The molecule has 0 atom stereocenters. The molecule has 0 radical (unpaired) electrons. The van der Waals surface area contributed by atoms with E-state index in [9.17, 15) is 9.59 Å². The molecule has 5 rings (SSSR count). The fraction of sp³-hybridized carbons (Fsp3) is 0.370. The maximum atomic E-state index is 13.4. The van der Waals surface area contributed by atoms with Crippen molar-refractivity contribution < 1.29 is 19.2 Å². The van der Waals surface area contributed by atoms with Gasteiger partial charge in [-0.25, -0.2) is 10.1 Å². The van der Waals surface area contributed by atoms with E-state index >= 15 is 0 Å².